The summed E-state index contributed by atoms with van der Waals surface area (Å²) >= 11 is 0. The summed E-state index contributed by atoms with van der Waals surface area (Å²) in [6.07, 6.45) is 0.634. The van der Waals surface area contributed by atoms with E-state index in [9.17, 15) is 18.6 Å². The zero-order valence-electron chi connectivity index (χ0n) is 15.5. The summed E-state index contributed by atoms with van der Waals surface area (Å²) in [5, 5.41) is 23.3. The van der Waals surface area contributed by atoms with Gasteiger partial charge in [0.15, 0.2) is 9.84 Å². The van der Waals surface area contributed by atoms with Gasteiger partial charge in [-0.2, -0.15) is 0 Å². The highest BCUT2D eigenvalue weighted by Crippen LogP contribution is 2.38. The van der Waals surface area contributed by atoms with Gasteiger partial charge in [0.25, 0.3) is 0 Å². The molecule has 3 N–H and O–H groups in total. The van der Waals surface area contributed by atoms with E-state index in [2.05, 4.69) is 19.2 Å². The first-order valence-electron chi connectivity index (χ1n) is 8.61. The van der Waals surface area contributed by atoms with Crippen molar-refractivity contribution in [1.29, 1.82) is 0 Å². The van der Waals surface area contributed by atoms with Crippen molar-refractivity contribution in [2.75, 3.05) is 26.0 Å². The number of aliphatic hydroxyl groups excluding tert-OH is 2. The first-order chi connectivity index (χ1) is 11.6. The van der Waals surface area contributed by atoms with Gasteiger partial charge in [0.2, 0.25) is 0 Å². The van der Waals surface area contributed by atoms with Crippen LogP contribution in [-0.2, 0) is 9.84 Å². The fourth-order valence-electron chi connectivity index (χ4n) is 3.20. The fourth-order valence-corrected chi connectivity index (χ4v) is 3.83. The van der Waals surface area contributed by atoms with Crippen molar-refractivity contribution >= 4 is 22.2 Å². The van der Waals surface area contributed by atoms with Crippen molar-refractivity contribution in [2.24, 2.45) is 11.3 Å². The molecule has 150 valence electrons. The van der Waals surface area contributed by atoms with Crippen molar-refractivity contribution in [3.63, 3.8) is 0 Å². The summed E-state index contributed by atoms with van der Waals surface area (Å²) in [4.78, 5) is 0.250. The molecular formula is C18H30ClNO5S. The third-order valence-corrected chi connectivity index (χ3v) is 5.71. The number of ether oxygens (including phenoxy) is 1. The number of rotatable bonds is 8. The first kappa shape index (κ1) is 23.2. The molecule has 1 aliphatic rings. The lowest BCUT2D eigenvalue weighted by Gasteiger charge is -2.29. The van der Waals surface area contributed by atoms with E-state index in [1.807, 2.05) is 0 Å². The fraction of sp³-hybridized carbons (Fsp3) is 0.667. The maximum atomic E-state index is 11.5. The lowest BCUT2D eigenvalue weighted by Crippen LogP contribution is -2.39. The lowest BCUT2D eigenvalue weighted by molar-refractivity contribution is 0.0438. The third kappa shape index (κ3) is 6.39. The third-order valence-electron chi connectivity index (χ3n) is 4.58. The molecule has 1 aliphatic carbocycles. The summed E-state index contributed by atoms with van der Waals surface area (Å²) in [5.74, 6) is 1.09. The molecular weight excluding hydrogens is 378 g/mol. The quantitative estimate of drug-likeness (QED) is 0.606. The summed E-state index contributed by atoms with van der Waals surface area (Å²) in [7, 11) is -3.23. The Morgan fingerprint density at radius 1 is 1.19 bits per heavy atom. The SMILES string of the molecule is CC(C)CNCC1(COc2ccc(S(C)(=O)=O)cc2)C[C@@H](O)[C@@H](O)C1.Cl. The molecule has 1 aromatic rings. The number of halogens is 1. The zero-order chi connectivity index (χ0) is 18.7. The predicted molar refractivity (Wildman–Crippen MR) is 104 cm³/mol. The smallest absolute Gasteiger partial charge is 0.175 e. The highest BCUT2D eigenvalue weighted by Gasteiger charge is 2.44. The zero-order valence-corrected chi connectivity index (χ0v) is 17.1. The van der Waals surface area contributed by atoms with Crippen LogP contribution in [0.4, 0.5) is 0 Å². The average Bonchev–Trinajstić information content (AvgIpc) is 2.79. The Morgan fingerprint density at radius 2 is 1.73 bits per heavy atom. The summed E-state index contributed by atoms with van der Waals surface area (Å²) in [6, 6.07) is 6.31. The van der Waals surface area contributed by atoms with Crippen LogP contribution in [0.3, 0.4) is 0 Å². The molecule has 26 heavy (non-hydrogen) atoms. The summed E-state index contributed by atoms with van der Waals surface area (Å²) < 4.78 is 28.9. The van der Waals surface area contributed by atoms with Crippen LogP contribution in [-0.4, -0.2) is 56.8 Å². The van der Waals surface area contributed by atoms with Gasteiger partial charge in [-0.1, -0.05) is 13.8 Å². The van der Waals surface area contributed by atoms with Crippen LogP contribution >= 0.6 is 12.4 Å². The Hall–Kier alpha value is -0.860. The van der Waals surface area contributed by atoms with Gasteiger partial charge < -0.3 is 20.3 Å². The Kier molecular flexibility index (Phi) is 8.35. The molecule has 0 radical (unpaired) electrons. The van der Waals surface area contributed by atoms with E-state index in [4.69, 9.17) is 4.74 Å². The van der Waals surface area contributed by atoms with Crippen LogP contribution in [0.15, 0.2) is 29.2 Å². The van der Waals surface area contributed by atoms with Gasteiger partial charge in [0.05, 0.1) is 23.7 Å². The van der Waals surface area contributed by atoms with Gasteiger partial charge in [-0.25, -0.2) is 8.42 Å². The van der Waals surface area contributed by atoms with Crippen molar-refractivity contribution in [2.45, 2.75) is 43.8 Å². The van der Waals surface area contributed by atoms with E-state index < -0.39 is 22.0 Å². The Labute approximate surface area is 162 Å². The second kappa shape index (κ2) is 9.37. The molecule has 1 saturated carbocycles. The molecule has 3 atom stereocenters. The van der Waals surface area contributed by atoms with Gasteiger partial charge in [-0.3, -0.25) is 0 Å². The van der Waals surface area contributed by atoms with Crippen LogP contribution in [0.2, 0.25) is 0 Å². The molecule has 1 fully saturated rings. The number of aliphatic hydroxyl groups is 2. The van der Waals surface area contributed by atoms with E-state index in [0.717, 1.165) is 6.54 Å². The standard InChI is InChI=1S/C18H29NO5S.ClH/c1-13(2)10-19-11-18(8-16(20)17(21)9-18)12-24-14-4-6-15(7-5-14)25(3,22)23;/h4-7,13,16-17,19-21H,8-12H2,1-3H3;1H/t16-,17+,18?;. The van der Waals surface area contributed by atoms with Gasteiger partial charge in [-0.05, 0) is 49.6 Å². The minimum Gasteiger partial charge on any atom is -0.493 e. The molecule has 0 saturated heterocycles. The molecule has 2 rings (SSSR count). The van der Waals surface area contributed by atoms with Gasteiger partial charge >= 0.3 is 0 Å². The maximum absolute atomic E-state index is 11.5. The lowest BCUT2D eigenvalue weighted by atomic mass is 9.86. The number of nitrogens with one attached hydrogen (secondary N) is 1. The Bertz CT molecular complexity index is 653. The molecule has 0 aliphatic heterocycles. The van der Waals surface area contributed by atoms with Crippen molar-refractivity contribution in [3.05, 3.63) is 24.3 Å². The van der Waals surface area contributed by atoms with Crippen LogP contribution in [0.25, 0.3) is 0 Å². The molecule has 0 amide bonds. The van der Waals surface area contributed by atoms with Gasteiger partial charge in [0.1, 0.15) is 5.75 Å². The minimum atomic E-state index is -3.23. The first-order valence-corrected chi connectivity index (χ1v) is 10.5. The molecule has 8 heteroatoms. The molecule has 0 spiro atoms. The summed E-state index contributed by atoms with van der Waals surface area (Å²) in [5.41, 5.74) is -0.344. The van der Waals surface area contributed by atoms with Crippen LogP contribution in [0, 0.1) is 11.3 Å². The Balaban J connectivity index is 0.00000338. The maximum Gasteiger partial charge on any atom is 0.175 e. The molecule has 0 aromatic heterocycles. The molecule has 6 nitrogen and oxygen atoms in total. The largest absolute Gasteiger partial charge is 0.493 e. The average molecular weight is 408 g/mol. The monoisotopic (exact) mass is 407 g/mol. The normalized spacial score (nSPS) is 25.9. The summed E-state index contributed by atoms with van der Waals surface area (Å²) in [6.45, 7) is 6.11. The number of benzene rings is 1. The molecule has 1 aromatic carbocycles. The topological polar surface area (TPSA) is 95.9 Å². The van der Waals surface area contributed by atoms with Gasteiger partial charge in [-0.15, -0.1) is 12.4 Å². The van der Waals surface area contributed by atoms with Crippen molar-refractivity contribution < 1.29 is 23.4 Å². The van der Waals surface area contributed by atoms with E-state index in [1.54, 1.807) is 12.1 Å². The molecule has 0 heterocycles. The number of sulfone groups is 1. The molecule has 0 bridgehead atoms. The van der Waals surface area contributed by atoms with E-state index in [-0.39, 0.29) is 22.7 Å². The van der Waals surface area contributed by atoms with E-state index in [0.29, 0.717) is 37.7 Å². The highest BCUT2D eigenvalue weighted by molar-refractivity contribution is 7.90. The van der Waals surface area contributed by atoms with E-state index >= 15 is 0 Å². The second-order valence-electron chi connectivity index (χ2n) is 7.60. The molecule has 1 unspecified atom stereocenters. The van der Waals surface area contributed by atoms with Crippen molar-refractivity contribution in [3.8, 4) is 5.75 Å². The van der Waals surface area contributed by atoms with Crippen LogP contribution < -0.4 is 10.1 Å². The van der Waals surface area contributed by atoms with E-state index in [1.165, 1.54) is 18.4 Å². The Morgan fingerprint density at radius 3 is 2.19 bits per heavy atom. The minimum absolute atomic E-state index is 0. The number of hydrogen-bond acceptors (Lipinski definition) is 6. The van der Waals surface area contributed by atoms with Crippen LogP contribution in [0.1, 0.15) is 26.7 Å². The second-order valence-corrected chi connectivity index (χ2v) is 9.62. The van der Waals surface area contributed by atoms with Gasteiger partial charge in [0, 0.05) is 18.2 Å². The highest BCUT2D eigenvalue weighted by atomic mass is 35.5. The number of hydrogen-bond donors (Lipinski definition) is 3. The predicted octanol–water partition coefficient (Wildman–Crippen LogP) is 1.64. The van der Waals surface area contributed by atoms with Crippen molar-refractivity contribution in [1.82, 2.24) is 5.32 Å². The van der Waals surface area contributed by atoms with Crippen LogP contribution in [0.5, 0.6) is 5.75 Å².